The maximum absolute atomic E-state index is 8.72. The van der Waals surface area contributed by atoms with Crippen molar-refractivity contribution in [2.45, 2.75) is 18.6 Å². The van der Waals surface area contributed by atoms with Crippen LogP contribution >= 0.6 is 23.4 Å². The Balaban J connectivity index is 2.73. The lowest BCUT2D eigenvalue weighted by Gasteiger charge is -2.23. The Bertz CT molecular complexity index is 410. The SMILES string of the molecule is CSC(C)(C)CNc1ccc(C#N)cc1Cl. The minimum absolute atomic E-state index is 0.164. The summed E-state index contributed by atoms with van der Waals surface area (Å²) in [5, 5.41) is 12.6. The third-order valence-corrected chi connectivity index (χ3v) is 3.92. The topological polar surface area (TPSA) is 35.8 Å². The van der Waals surface area contributed by atoms with Crippen LogP contribution in [0.2, 0.25) is 5.02 Å². The minimum atomic E-state index is 0.164. The molecule has 0 aliphatic carbocycles. The zero-order chi connectivity index (χ0) is 12.2. The van der Waals surface area contributed by atoms with Gasteiger partial charge in [-0.3, -0.25) is 0 Å². The van der Waals surface area contributed by atoms with Crippen molar-refractivity contribution in [2.75, 3.05) is 18.1 Å². The van der Waals surface area contributed by atoms with Gasteiger partial charge in [0.1, 0.15) is 0 Å². The molecule has 0 saturated carbocycles. The van der Waals surface area contributed by atoms with Crippen molar-refractivity contribution in [1.82, 2.24) is 0 Å². The number of benzene rings is 1. The molecule has 0 aromatic heterocycles. The van der Waals surface area contributed by atoms with Crippen molar-refractivity contribution in [3.63, 3.8) is 0 Å². The van der Waals surface area contributed by atoms with E-state index in [1.165, 1.54) is 0 Å². The lowest BCUT2D eigenvalue weighted by atomic mass is 10.2. The molecule has 2 nitrogen and oxygen atoms in total. The molecule has 0 atom stereocenters. The van der Waals surface area contributed by atoms with Gasteiger partial charge in [-0.15, -0.1) is 0 Å². The van der Waals surface area contributed by atoms with Gasteiger partial charge in [0, 0.05) is 11.3 Å². The fourth-order valence-electron chi connectivity index (χ4n) is 1.11. The lowest BCUT2D eigenvalue weighted by Crippen LogP contribution is -2.25. The summed E-state index contributed by atoms with van der Waals surface area (Å²) < 4.78 is 0.164. The third-order valence-electron chi connectivity index (χ3n) is 2.36. The largest absolute Gasteiger partial charge is 0.382 e. The van der Waals surface area contributed by atoms with Crippen LogP contribution in [-0.2, 0) is 0 Å². The second-order valence-electron chi connectivity index (χ2n) is 4.12. The second kappa shape index (κ2) is 5.47. The molecule has 1 aromatic rings. The molecule has 16 heavy (non-hydrogen) atoms. The average molecular weight is 255 g/mol. The van der Waals surface area contributed by atoms with E-state index in [1.54, 1.807) is 23.9 Å². The minimum Gasteiger partial charge on any atom is -0.382 e. The number of nitriles is 1. The maximum atomic E-state index is 8.72. The van der Waals surface area contributed by atoms with Crippen LogP contribution in [-0.4, -0.2) is 17.5 Å². The Morgan fingerprint density at radius 2 is 2.19 bits per heavy atom. The molecule has 0 bridgehead atoms. The van der Waals surface area contributed by atoms with Gasteiger partial charge in [-0.25, -0.2) is 0 Å². The van der Waals surface area contributed by atoms with Crippen molar-refractivity contribution in [2.24, 2.45) is 0 Å². The van der Waals surface area contributed by atoms with Gasteiger partial charge in [-0.2, -0.15) is 17.0 Å². The number of thioether (sulfide) groups is 1. The molecule has 0 unspecified atom stereocenters. The number of halogens is 1. The van der Waals surface area contributed by atoms with Gasteiger partial charge in [-0.05, 0) is 38.3 Å². The van der Waals surface area contributed by atoms with Crippen LogP contribution in [0.25, 0.3) is 0 Å². The lowest BCUT2D eigenvalue weighted by molar-refractivity contribution is 0.753. The maximum Gasteiger partial charge on any atom is 0.0992 e. The first-order chi connectivity index (χ1) is 7.48. The molecule has 0 radical (unpaired) electrons. The van der Waals surface area contributed by atoms with E-state index in [-0.39, 0.29) is 4.75 Å². The van der Waals surface area contributed by atoms with Crippen molar-refractivity contribution >= 4 is 29.1 Å². The van der Waals surface area contributed by atoms with Gasteiger partial charge < -0.3 is 5.32 Å². The number of rotatable bonds is 4. The summed E-state index contributed by atoms with van der Waals surface area (Å²) in [6, 6.07) is 7.35. The second-order valence-corrected chi connectivity index (χ2v) is 6.04. The molecule has 86 valence electrons. The Labute approximate surface area is 106 Å². The summed E-state index contributed by atoms with van der Waals surface area (Å²) in [5.74, 6) is 0. The summed E-state index contributed by atoms with van der Waals surface area (Å²) in [4.78, 5) is 0. The van der Waals surface area contributed by atoms with Crippen molar-refractivity contribution in [3.8, 4) is 6.07 Å². The number of nitrogens with zero attached hydrogens (tertiary/aromatic N) is 1. The number of hydrogen-bond acceptors (Lipinski definition) is 3. The van der Waals surface area contributed by atoms with Gasteiger partial charge >= 0.3 is 0 Å². The standard InChI is InChI=1S/C12H15ClN2S/c1-12(2,16-3)8-15-11-5-4-9(7-14)6-10(11)13/h4-6,15H,8H2,1-3H3. The fourth-order valence-corrected chi connectivity index (χ4v) is 1.57. The summed E-state index contributed by atoms with van der Waals surface area (Å²) in [5.41, 5.74) is 1.46. The first-order valence-electron chi connectivity index (χ1n) is 4.97. The van der Waals surface area contributed by atoms with Crippen molar-refractivity contribution in [1.29, 1.82) is 5.26 Å². The van der Waals surface area contributed by atoms with Gasteiger partial charge in [0.15, 0.2) is 0 Å². The Morgan fingerprint density at radius 1 is 1.50 bits per heavy atom. The molecule has 0 aliphatic rings. The van der Waals surface area contributed by atoms with Crippen LogP contribution in [0.3, 0.4) is 0 Å². The van der Waals surface area contributed by atoms with Crippen LogP contribution in [0.5, 0.6) is 0 Å². The molecule has 0 amide bonds. The molecule has 0 fully saturated rings. The summed E-state index contributed by atoms with van der Waals surface area (Å²) in [7, 11) is 0. The fraction of sp³-hybridized carbons (Fsp3) is 0.417. The summed E-state index contributed by atoms with van der Waals surface area (Å²) in [6.45, 7) is 5.17. The summed E-state index contributed by atoms with van der Waals surface area (Å²) in [6.07, 6.45) is 2.09. The quantitative estimate of drug-likeness (QED) is 0.889. The van der Waals surface area contributed by atoms with Crippen LogP contribution in [0.1, 0.15) is 19.4 Å². The monoisotopic (exact) mass is 254 g/mol. The molecule has 0 aliphatic heterocycles. The van der Waals surface area contributed by atoms with Crippen LogP contribution in [0.15, 0.2) is 18.2 Å². The van der Waals surface area contributed by atoms with E-state index in [4.69, 9.17) is 16.9 Å². The molecule has 4 heteroatoms. The molecule has 1 aromatic carbocycles. The van der Waals surface area contributed by atoms with E-state index in [1.807, 2.05) is 6.07 Å². The van der Waals surface area contributed by atoms with Gasteiger partial charge in [0.05, 0.1) is 22.3 Å². The van der Waals surface area contributed by atoms with Crippen LogP contribution < -0.4 is 5.32 Å². The number of nitrogens with one attached hydrogen (secondary N) is 1. The van der Waals surface area contributed by atoms with E-state index in [0.717, 1.165) is 12.2 Å². The highest BCUT2D eigenvalue weighted by atomic mass is 35.5. The smallest absolute Gasteiger partial charge is 0.0992 e. The van der Waals surface area contributed by atoms with Crippen LogP contribution in [0.4, 0.5) is 5.69 Å². The molecular formula is C12H15ClN2S. The molecule has 0 spiro atoms. The zero-order valence-electron chi connectivity index (χ0n) is 9.67. The third kappa shape index (κ3) is 3.62. The highest BCUT2D eigenvalue weighted by Gasteiger charge is 2.15. The Kier molecular flexibility index (Phi) is 4.52. The number of hydrogen-bond donors (Lipinski definition) is 1. The van der Waals surface area contributed by atoms with Crippen molar-refractivity contribution < 1.29 is 0 Å². The van der Waals surface area contributed by atoms with Gasteiger partial charge in [0.25, 0.3) is 0 Å². The highest BCUT2D eigenvalue weighted by molar-refractivity contribution is 7.99. The van der Waals surface area contributed by atoms with E-state index in [0.29, 0.717) is 10.6 Å². The molecule has 1 N–H and O–H groups in total. The van der Waals surface area contributed by atoms with Gasteiger partial charge in [0.2, 0.25) is 0 Å². The summed E-state index contributed by atoms with van der Waals surface area (Å²) >= 11 is 7.86. The van der Waals surface area contributed by atoms with Gasteiger partial charge in [-0.1, -0.05) is 11.6 Å². The van der Waals surface area contributed by atoms with Crippen LogP contribution in [0, 0.1) is 11.3 Å². The normalized spacial score (nSPS) is 10.9. The first-order valence-corrected chi connectivity index (χ1v) is 6.57. The highest BCUT2D eigenvalue weighted by Crippen LogP contribution is 2.26. The predicted octanol–water partition coefficient (Wildman–Crippen LogP) is 3.77. The Morgan fingerprint density at radius 3 is 2.69 bits per heavy atom. The van der Waals surface area contributed by atoms with E-state index < -0.39 is 0 Å². The van der Waals surface area contributed by atoms with E-state index >= 15 is 0 Å². The Hall–Kier alpha value is -0.850. The molecular weight excluding hydrogens is 240 g/mol. The zero-order valence-corrected chi connectivity index (χ0v) is 11.2. The predicted molar refractivity (Wildman–Crippen MR) is 72.3 cm³/mol. The van der Waals surface area contributed by atoms with E-state index in [9.17, 15) is 0 Å². The average Bonchev–Trinajstić information content (AvgIpc) is 2.27. The van der Waals surface area contributed by atoms with Crippen molar-refractivity contribution in [3.05, 3.63) is 28.8 Å². The van der Waals surface area contributed by atoms with E-state index in [2.05, 4.69) is 31.5 Å². The molecule has 0 heterocycles. The molecule has 1 rings (SSSR count). The number of anilines is 1. The molecule has 0 saturated heterocycles. The first kappa shape index (κ1) is 13.2.